The fraction of sp³-hybridized carbons (Fsp3) is 0.158. The second kappa shape index (κ2) is 8.18. The molecule has 140 valence electrons. The topological polar surface area (TPSA) is 64.4 Å². The van der Waals surface area contributed by atoms with Gasteiger partial charge in [-0.2, -0.15) is 0 Å². The third-order valence-electron chi connectivity index (χ3n) is 3.79. The maximum atomic E-state index is 13.5. The van der Waals surface area contributed by atoms with Crippen molar-refractivity contribution in [1.82, 2.24) is 10.5 Å². The van der Waals surface area contributed by atoms with E-state index in [0.29, 0.717) is 5.02 Å². The Morgan fingerprint density at radius 2 is 1.93 bits per heavy atom. The lowest BCUT2D eigenvalue weighted by Gasteiger charge is -2.14. The second-order valence-electron chi connectivity index (χ2n) is 5.73. The number of aromatic nitrogens is 1. The molecule has 1 atom stereocenters. The van der Waals surface area contributed by atoms with Crippen LogP contribution in [0, 0.1) is 11.6 Å². The minimum absolute atomic E-state index is 0.0153. The Morgan fingerprint density at radius 3 is 2.63 bits per heavy atom. The average Bonchev–Trinajstić information content (AvgIpc) is 3.11. The number of nitrogens with zero attached hydrogens (tertiary/aromatic N) is 1. The fourth-order valence-electron chi connectivity index (χ4n) is 2.43. The average molecular weight is 393 g/mol. The molecule has 3 aromatic rings. The lowest BCUT2D eigenvalue weighted by Crippen LogP contribution is -2.27. The first-order chi connectivity index (χ1) is 13.0. The van der Waals surface area contributed by atoms with E-state index >= 15 is 0 Å². The molecule has 3 rings (SSSR count). The molecule has 0 aliphatic carbocycles. The van der Waals surface area contributed by atoms with Gasteiger partial charge in [0.15, 0.2) is 28.8 Å². The van der Waals surface area contributed by atoms with Gasteiger partial charge in [0.1, 0.15) is 6.61 Å². The number of para-hydroxylation sites is 1. The summed E-state index contributed by atoms with van der Waals surface area (Å²) in [5.41, 5.74) is 0.774. The molecular weight excluding hydrogens is 378 g/mol. The number of ether oxygens (including phenoxy) is 1. The van der Waals surface area contributed by atoms with E-state index in [1.54, 1.807) is 25.1 Å². The van der Waals surface area contributed by atoms with Crippen LogP contribution in [0.25, 0.3) is 0 Å². The van der Waals surface area contributed by atoms with Crippen molar-refractivity contribution in [2.24, 2.45) is 0 Å². The molecule has 0 spiro atoms. The van der Waals surface area contributed by atoms with Gasteiger partial charge in [-0.15, -0.1) is 0 Å². The van der Waals surface area contributed by atoms with E-state index in [0.717, 1.165) is 17.7 Å². The number of halogens is 3. The first-order valence-electron chi connectivity index (χ1n) is 8.03. The summed E-state index contributed by atoms with van der Waals surface area (Å²) in [6, 6.07) is 11.5. The van der Waals surface area contributed by atoms with Gasteiger partial charge in [-0.05, 0) is 30.7 Å². The van der Waals surface area contributed by atoms with Crippen molar-refractivity contribution in [2.75, 3.05) is 0 Å². The molecule has 0 aliphatic heterocycles. The van der Waals surface area contributed by atoms with Crippen LogP contribution in [0.2, 0.25) is 5.02 Å². The molecule has 0 aliphatic rings. The van der Waals surface area contributed by atoms with Crippen LogP contribution in [-0.2, 0) is 6.61 Å². The summed E-state index contributed by atoms with van der Waals surface area (Å²) in [5, 5.41) is 6.94. The van der Waals surface area contributed by atoms with E-state index in [4.69, 9.17) is 20.9 Å². The predicted molar refractivity (Wildman–Crippen MR) is 94.5 cm³/mol. The van der Waals surface area contributed by atoms with E-state index < -0.39 is 23.3 Å². The summed E-state index contributed by atoms with van der Waals surface area (Å²) in [5.74, 6) is -2.52. The van der Waals surface area contributed by atoms with Crippen LogP contribution in [0.1, 0.15) is 34.8 Å². The smallest absolute Gasteiger partial charge is 0.273 e. The van der Waals surface area contributed by atoms with Gasteiger partial charge in [0.25, 0.3) is 5.91 Å². The molecule has 8 heteroatoms. The number of hydrogen-bond donors (Lipinski definition) is 1. The van der Waals surface area contributed by atoms with Crippen LogP contribution in [0.3, 0.4) is 0 Å². The van der Waals surface area contributed by atoms with Crippen LogP contribution in [0.15, 0.2) is 53.1 Å². The van der Waals surface area contributed by atoms with Crippen molar-refractivity contribution in [3.05, 3.63) is 82.2 Å². The molecule has 1 amide bonds. The standard InChI is InChI=1S/C19H15ClF2N2O3/c1-11(13-5-2-3-6-14(13)20)23-19(25)17-9-12(27-24-17)10-26-18-15(21)7-4-8-16(18)22/h2-9,11H,10H2,1H3,(H,23,25)/t11-/m0/s1. The van der Waals surface area contributed by atoms with E-state index in [2.05, 4.69) is 10.5 Å². The normalized spacial score (nSPS) is 11.9. The van der Waals surface area contributed by atoms with Gasteiger partial charge in [0.2, 0.25) is 0 Å². The maximum absolute atomic E-state index is 13.5. The Labute approximate surface area is 158 Å². The van der Waals surface area contributed by atoms with Gasteiger partial charge < -0.3 is 14.6 Å². The van der Waals surface area contributed by atoms with Crippen molar-refractivity contribution in [3.8, 4) is 5.75 Å². The molecule has 1 heterocycles. The number of carbonyl (C=O) groups is 1. The van der Waals surface area contributed by atoms with Gasteiger partial charge in [-0.3, -0.25) is 4.79 Å². The Hall–Kier alpha value is -2.93. The summed E-state index contributed by atoms with van der Waals surface area (Å²) in [6.45, 7) is 1.50. The van der Waals surface area contributed by atoms with Gasteiger partial charge in [0.05, 0.1) is 6.04 Å². The van der Waals surface area contributed by atoms with E-state index in [1.165, 1.54) is 12.1 Å². The molecule has 27 heavy (non-hydrogen) atoms. The number of rotatable bonds is 6. The van der Waals surface area contributed by atoms with Gasteiger partial charge in [0, 0.05) is 11.1 Å². The quantitative estimate of drug-likeness (QED) is 0.661. The summed E-state index contributed by atoms with van der Waals surface area (Å²) in [4.78, 5) is 12.3. The molecule has 0 saturated carbocycles. The lowest BCUT2D eigenvalue weighted by molar-refractivity contribution is 0.0930. The summed E-state index contributed by atoms with van der Waals surface area (Å²) >= 11 is 6.11. The molecule has 0 radical (unpaired) electrons. The van der Waals surface area contributed by atoms with Crippen molar-refractivity contribution in [2.45, 2.75) is 19.6 Å². The third-order valence-corrected chi connectivity index (χ3v) is 4.13. The van der Waals surface area contributed by atoms with Crippen molar-refractivity contribution in [3.63, 3.8) is 0 Å². The molecule has 0 bridgehead atoms. The lowest BCUT2D eigenvalue weighted by atomic mass is 10.1. The monoisotopic (exact) mass is 392 g/mol. The highest BCUT2D eigenvalue weighted by Crippen LogP contribution is 2.23. The third kappa shape index (κ3) is 4.43. The first kappa shape index (κ1) is 18.8. The SMILES string of the molecule is C[C@H](NC(=O)c1cc(COc2c(F)cccc2F)on1)c1ccccc1Cl. The van der Waals surface area contributed by atoms with E-state index in [1.807, 2.05) is 6.07 Å². The second-order valence-corrected chi connectivity index (χ2v) is 6.14. The highest BCUT2D eigenvalue weighted by Gasteiger charge is 2.18. The summed E-state index contributed by atoms with van der Waals surface area (Å²) in [7, 11) is 0. The Morgan fingerprint density at radius 1 is 1.22 bits per heavy atom. The van der Waals surface area contributed by atoms with Gasteiger partial charge in [-0.1, -0.05) is 41.0 Å². The molecule has 0 saturated heterocycles. The minimum Gasteiger partial charge on any atom is -0.479 e. The minimum atomic E-state index is -0.832. The highest BCUT2D eigenvalue weighted by atomic mass is 35.5. The zero-order valence-electron chi connectivity index (χ0n) is 14.2. The van der Waals surface area contributed by atoms with Gasteiger partial charge >= 0.3 is 0 Å². The van der Waals surface area contributed by atoms with E-state index in [9.17, 15) is 13.6 Å². The predicted octanol–water partition coefficient (Wildman–Crippen LogP) is 4.68. The Balaban J connectivity index is 1.63. The van der Waals surface area contributed by atoms with Crippen molar-refractivity contribution >= 4 is 17.5 Å². The van der Waals surface area contributed by atoms with Crippen molar-refractivity contribution in [1.29, 1.82) is 0 Å². The molecule has 5 nitrogen and oxygen atoms in total. The van der Waals surface area contributed by atoms with Crippen LogP contribution < -0.4 is 10.1 Å². The first-order valence-corrected chi connectivity index (χ1v) is 8.41. The van der Waals surface area contributed by atoms with Crippen LogP contribution in [0.4, 0.5) is 8.78 Å². The van der Waals surface area contributed by atoms with Crippen LogP contribution in [0.5, 0.6) is 5.75 Å². The number of carbonyl (C=O) groups excluding carboxylic acids is 1. The number of amides is 1. The zero-order chi connectivity index (χ0) is 19.4. The molecular formula is C19H15ClF2N2O3. The van der Waals surface area contributed by atoms with Crippen molar-refractivity contribution < 1.29 is 22.8 Å². The summed E-state index contributed by atoms with van der Waals surface area (Å²) < 4.78 is 37.1. The number of benzene rings is 2. The van der Waals surface area contributed by atoms with Crippen LogP contribution in [-0.4, -0.2) is 11.1 Å². The van der Waals surface area contributed by atoms with E-state index in [-0.39, 0.29) is 24.1 Å². The largest absolute Gasteiger partial charge is 0.479 e. The Bertz CT molecular complexity index is 941. The Kier molecular flexibility index (Phi) is 5.71. The zero-order valence-corrected chi connectivity index (χ0v) is 15.0. The summed E-state index contributed by atoms with van der Waals surface area (Å²) in [6.07, 6.45) is 0. The highest BCUT2D eigenvalue weighted by molar-refractivity contribution is 6.31. The molecule has 1 aromatic heterocycles. The number of hydrogen-bond acceptors (Lipinski definition) is 4. The maximum Gasteiger partial charge on any atom is 0.273 e. The molecule has 1 N–H and O–H groups in total. The molecule has 0 unspecified atom stereocenters. The fourth-order valence-corrected chi connectivity index (χ4v) is 2.73. The number of nitrogens with one attached hydrogen (secondary N) is 1. The van der Waals surface area contributed by atoms with Crippen LogP contribution >= 0.6 is 11.6 Å². The van der Waals surface area contributed by atoms with Gasteiger partial charge in [-0.25, -0.2) is 8.78 Å². The molecule has 0 fully saturated rings. The molecule has 2 aromatic carbocycles.